The first-order valence-corrected chi connectivity index (χ1v) is 7.91. The molecule has 5 nitrogen and oxygen atoms in total. The summed E-state index contributed by atoms with van der Waals surface area (Å²) in [5, 5.41) is 0.593. The van der Waals surface area contributed by atoms with E-state index in [1.165, 1.54) is 4.31 Å². The molecule has 1 aromatic rings. The molecule has 1 atom stereocenters. The van der Waals surface area contributed by atoms with Crippen molar-refractivity contribution in [2.45, 2.75) is 13.0 Å². The van der Waals surface area contributed by atoms with Crippen LogP contribution in [-0.2, 0) is 14.9 Å². The van der Waals surface area contributed by atoms with Gasteiger partial charge in [-0.3, -0.25) is 0 Å². The Morgan fingerprint density at radius 1 is 1.37 bits per heavy atom. The summed E-state index contributed by atoms with van der Waals surface area (Å²) in [6.07, 6.45) is 0. The molecule has 1 aliphatic rings. The van der Waals surface area contributed by atoms with Crippen LogP contribution in [0.2, 0.25) is 5.02 Å². The van der Waals surface area contributed by atoms with Gasteiger partial charge in [-0.1, -0.05) is 23.7 Å². The zero-order valence-corrected chi connectivity index (χ0v) is 12.2. The zero-order valence-electron chi connectivity index (χ0n) is 10.7. The van der Waals surface area contributed by atoms with E-state index in [1.54, 1.807) is 25.1 Å². The first kappa shape index (κ1) is 14.7. The van der Waals surface area contributed by atoms with E-state index in [0.717, 1.165) is 5.56 Å². The van der Waals surface area contributed by atoms with Crippen molar-refractivity contribution in [1.82, 2.24) is 9.03 Å². The van der Waals surface area contributed by atoms with Gasteiger partial charge >= 0.3 is 0 Å². The maximum Gasteiger partial charge on any atom is 0.280 e. The van der Waals surface area contributed by atoms with Crippen LogP contribution in [0.5, 0.6) is 0 Å². The van der Waals surface area contributed by atoms with Gasteiger partial charge in [-0.2, -0.15) is 17.4 Å². The molecule has 1 heterocycles. The Bertz CT molecular complexity index is 530. The highest BCUT2D eigenvalue weighted by molar-refractivity contribution is 7.87. The van der Waals surface area contributed by atoms with Crippen molar-refractivity contribution < 1.29 is 13.2 Å². The number of morpholine rings is 1. The van der Waals surface area contributed by atoms with E-state index in [4.69, 9.17) is 16.3 Å². The second-order valence-electron chi connectivity index (χ2n) is 4.41. The minimum absolute atomic E-state index is 0.327. The molecule has 7 heteroatoms. The largest absolute Gasteiger partial charge is 0.379 e. The van der Waals surface area contributed by atoms with Gasteiger partial charge in [0.15, 0.2) is 0 Å². The zero-order chi connectivity index (χ0) is 13.9. The van der Waals surface area contributed by atoms with Gasteiger partial charge in [0.25, 0.3) is 10.2 Å². The number of ether oxygens (including phenoxy) is 1. The Balaban J connectivity index is 2.07. The highest BCUT2D eigenvalue weighted by atomic mass is 35.5. The van der Waals surface area contributed by atoms with Gasteiger partial charge in [-0.05, 0) is 24.6 Å². The fourth-order valence-corrected chi connectivity index (χ4v) is 3.49. The third-order valence-electron chi connectivity index (χ3n) is 2.98. The number of nitrogens with one attached hydrogen (secondary N) is 1. The molecule has 1 fully saturated rings. The lowest BCUT2D eigenvalue weighted by molar-refractivity contribution is 0.0723. The highest BCUT2D eigenvalue weighted by Crippen LogP contribution is 2.18. The first-order valence-electron chi connectivity index (χ1n) is 6.09. The molecule has 0 aromatic heterocycles. The summed E-state index contributed by atoms with van der Waals surface area (Å²) in [6, 6.07) is 6.84. The molecule has 0 spiro atoms. The monoisotopic (exact) mass is 304 g/mol. The first-order chi connectivity index (χ1) is 8.99. The van der Waals surface area contributed by atoms with Crippen LogP contribution in [0, 0.1) is 0 Å². The summed E-state index contributed by atoms with van der Waals surface area (Å²) in [6.45, 7) is 3.44. The van der Waals surface area contributed by atoms with Crippen molar-refractivity contribution in [3.63, 3.8) is 0 Å². The molecule has 0 amide bonds. The van der Waals surface area contributed by atoms with Crippen LogP contribution >= 0.6 is 11.6 Å². The van der Waals surface area contributed by atoms with E-state index in [2.05, 4.69) is 4.72 Å². The van der Waals surface area contributed by atoms with Crippen LogP contribution in [0.15, 0.2) is 24.3 Å². The Morgan fingerprint density at radius 3 is 2.68 bits per heavy atom. The van der Waals surface area contributed by atoms with E-state index < -0.39 is 10.2 Å². The summed E-state index contributed by atoms with van der Waals surface area (Å²) in [5.41, 5.74) is 0.837. The summed E-state index contributed by atoms with van der Waals surface area (Å²) in [7, 11) is -3.48. The number of hydrogen-bond acceptors (Lipinski definition) is 3. The second-order valence-corrected chi connectivity index (χ2v) is 6.55. The minimum Gasteiger partial charge on any atom is -0.379 e. The number of halogens is 1. The molecule has 0 saturated carbocycles. The van der Waals surface area contributed by atoms with Crippen molar-refractivity contribution in [3.8, 4) is 0 Å². The molecule has 106 valence electrons. The third-order valence-corrected chi connectivity index (χ3v) is 4.92. The van der Waals surface area contributed by atoms with Gasteiger partial charge < -0.3 is 4.74 Å². The summed E-state index contributed by atoms with van der Waals surface area (Å²) in [4.78, 5) is 0. The lowest BCUT2D eigenvalue weighted by Gasteiger charge is -2.27. The maximum atomic E-state index is 12.2. The number of benzene rings is 1. The molecule has 0 bridgehead atoms. The molecule has 2 rings (SSSR count). The van der Waals surface area contributed by atoms with Gasteiger partial charge in [0, 0.05) is 24.2 Å². The Morgan fingerprint density at radius 2 is 2.05 bits per heavy atom. The molecular weight excluding hydrogens is 288 g/mol. The summed E-state index contributed by atoms with van der Waals surface area (Å²) < 4.78 is 33.6. The molecule has 1 unspecified atom stereocenters. The van der Waals surface area contributed by atoms with Gasteiger partial charge in [0.05, 0.1) is 13.2 Å². The smallest absolute Gasteiger partial charge is 0.280 e. The standard InChI is InChI=1S/C12H17ClN2O3S/c1-10(11-3-2-4-12(13)9-11)14-19(16,17)15-5-7-18-8-6-15/h2-4,9-10,14H,5-8H2,1H3. The van der Waals surface area contributed by atoms with Crippen LogP contribution in [0.25, 0.3) is 0 Å². The Hall–Kier alpha value is -0.660. The average molecular weight is 305 g/mol. The Labute approximate surface area is 118 Å². The summed E-state index contributed by atoms with van der Waals surface area (Å²) >= 11 is 5.90. The molecule has 1 aliphatic heterocycles. The average Bonchev–Trinajstić information content (AvgIpc) is 2.39. The van der Waals surface area contributed by atoms with Gasteiger partial charge in [-0.15, -0.1) is 0 Å². The van der Waals surface area contributed by atoms with E-state index in [-0.39, 0.29) is 6.04 Å². The molecule has 1 saturated heterocycles. The third kappa shape index (κ3) is 3.90. The van der Waals surface area contributed by atoms with E-state index in [9.17, 15) is 8.42 Å². The molecule has 1 N–H and O–H groups in total. The molecule has 0 aliphatic carbocycles. The molecule has 1 aromatic carbocycles. The van der Waals surface area contributed by atoms with Crippen molar-refractivity contribution in [3.05, 3.63) is 34.9 Å². The lowest BCUT2D eigenvalue weighted by Crippen LogP contribution is -2.47. The van der Waals surface area contributed by atoms with E-state index in [1.807, 2.05) is 6.07 Å². The highest BCUT2D eigenvalue weighted by Gasteiger charge is 2.26. The predicted molar refractivity (Wildman–Crippen MR) is 74.3 cm³/mol. The number of nitrogens with zero attached hydrogens (tertiary/aromatic N) is 1. The second kappa shape index (κ2) is 6.19. The van der Waals surface area contributed by atoms with Crippen LogP contribution in [0.3, 0.4) is 0 Å². The molecular formula is C12H17ClN2O3S. The van der Waals surface area contributed by atoms with Crippen molar-refractivity contribution in [1.29, 1.82) is 0 Å². The predicted octanol–water partition coefficient (Wildman–Crippen LogP) is 1.57. The number of hydrogen-bond donors (Lipinski definition) is 1. The molecule has 19 heavy (non-hydrogen) atoms. The molecule has 0 radical (unpaired) electrons. The maximum absolute atomic E-state index is 12.2. The topological polar surface area (TPSA) is 58.6 Å². The van der Waals surface area contributed by atoms with Crippen molar-refractivity contribution in [2.24, 2.45) is 0 Å². The lowest BCUT2D eigenvalue weighted by atomic mass is 10.1. The van der Waals surface area contributed by atoms with Crippen molar-refractivity contribution >= 4 is 21.8 Å². The normalized spacial score (nSPS) is 19.3. The van der Waals surface area contributed by atoms with E-state index >= 15 is 0 Å². The quantitative estimate of drug-likeness (QED) is 0.918. The minimum atomic E-state index is -3.48. The SMILES string of the molecule is CC(NS(=O)(=O)N1CCOCC1)c1cccc(Cl)c1. The van der Waals surface area contributed by atoms with Crippen LogP contribution in [0.1, 0.15) is 18.5 Å². The number of rotatable bonds is 4. The van der Waals surface area contributed by atoms with Crippen LogP contribution in [0.4, 0.5) is 0 Å². The Kier molecular flexibility index (Phi) is 4.81. The van der Waals surface area contributed by atoms with Gasteiger partial charge in [-0.25, -0.2) is 0 Å². The van der Waals surface area contributed by atoms with Crippen molar-refractivity contribution in [2.75, 3.05) is 26.3 Å². The van der Waals surface area contributed by atoms with Crippen LogP contribution < -0.4 is 4.72 Å². The van der Waals surface area contributed by atoms with Gasteiger partial charge in [0.1, 0.15) is 0 Å². The van der Waals surface area contributed by atoms with E-state index in [0.29, 0.717) is 31.3 Å². The van der Waals surface area contributed by atoms with Gasteiger partial charge in [0.2, 0.25) is 0 Å². The van der Waals surface area contributed by atoms with Crippen LogP contribution in [-0.4, -0.2) is 39.0 Å². The summed E-state index contributed by atoms with van der Waals surface area (Å²) in [5.74, 6) is 0. The fourth-order valence-electron chi connectivity index (χ4n) is 1.93. The fraction of sp³-hybridized carbons (Fsp3) is 0.500.